The van der Waals surface area contributed by atoms with Gasteiger partial charge in [0.25, 0.3) is 0 Å². The number of benzene rings is 2. The Morgan fingerprint density at radius 2 is 1.28 bits per heavy atom. The SMILES string of the molecule is NCN[C@@H](CCCCNC(=O)CN(CC(=O)O)C(=O)CCCCCCCCCCCCCCCOc1ccc(-c2ccc(-c3nnn[nH]3)cc2)cc1)C(=O)CC(=O)O. The van der Waals surface area contributed by atoms with Crippen molar-refractivity contribution in [3.63, 3.8) is 0 Å². The summed E-state index contributed by atoms with van der Waals surface area (Å²) in [5, 5.41) is 37.5. The molecule has 2 amide bonds. The van der Waals surface area contributed by atoms with Crippen LogP contribution in [0, 0.1) is 0 Å². The van der Waals surface area contributed by atoms with Crippen molar-refractivity contribution in [1.82, 2.24) is 36.2 Å². The third-order valence-electron chi connectivity index (χ3n) is 9.83. The minimum absolute atomic E-state index is 0.0310. The lowest BCUT2D eigenvalue weighted by molar-refractivity contribution is -0.146. The van der Waals surface area contributed by atoms with Gasteiger partial charge in [0.1, 0.15) is 25.3 Å². The number of unbranched alkanes of at least 4 members (excludes halogenated alkanes) is 13. The Hall–Kier alpha value is -5.22. The summed E-state index contributed by atoms with van der Waals surface area (Å²) >= 11 is 0. The molecule has 1 heterocycles. The number of carbonyl (C=O) groups is 5. The minimum atomic E-state index is -1.21. The van der Waals surface area contributed by atoms with E-state index in [0.717, 1.165) is 65.9 Å². The summed E-state index contributed by atoms with van der Waals surface area (Å²) < 4.78 is 5.96. The van der Waals surface area contributed by atoms with Crippen molar-refractivity contribution in [3.05, 3.63) is 48.5 Å². The van der Waals surface area contributed by atoms with E-state index in [0.29, 0.717) is 38.1 Å². The van der Waals surface area contributed by atoms with E-state index in [9.17, 15) is 29.1 Å². The monoisotopic (exact) mass is 806 g/mol. The quantitative estimate of drug-likeness (QED) is 0.0254. The number of carbonyl (C=O) groups excluding carboxylic acids is 3. The number of ether oxygens (including phenoxy) is 1. The van der Waals surface area contributed by atoms with Crippen molar-refractivity contribution in [2.75, 3.05) is 32.9 Å². The smallest absolute Gasteiger partial charge is 0.323 e. The summed E-state index contributed by atoms with van der Waals surface area (Å²) in [5.74, 6) is -2.14. The first-order valence-corrected chi connectivity index (χ1v) is 20.7. The number of carboxylic acids is 2. The van der Waals surface area contributed by atoms with Gasteiger partial charge in [-0.25, -0.2) is 5.10 Å². The first kappa shape index (κ1) is 47.2. The Bertz CT molecular complexity index is 1640. The molecule has 16 heteroatoms. The molecule has 1 aromatic heterocycles. The van der Waals surface area contributed by atoms with Crippen molar-refractivity contribution >= 4 is 29.5 Å². The lowest BCUT2D eigenvalue weighted by atomic mass is 10.0. The maximum Gasteiger partial charge on any atom is 0.323 e. The van der Waals surface area contributed by atoms with E-state index in [2.05, 4.69) is 55.5 Å². The van der Waals surface area contributed by atoms with Crippen LogP contribution in [0.15, 0.2) is 48.5 Å². The number of tetrazole rings is 1. The molecule has 1 atom stereocenters. The largest absolute Gasteiger partial charge is 0.494 e. The molecule has 0 aliphatic rings. The zero-order chi connectivity index (χ0) is 41.8. The fraction of sp³-hybridized carbons (Fsp3) is 0.571. The van der Waals surface area contributed by atoms with Gasteiger partial charge in [-0.05, 0) is 65.8 Å². The lowest BCUT2D eigenvalue weighted by Gasteiger charge is -2.20. The maximum atomic E-state index is 12.7. The maximum absolute atomic E-state index is 12.7. The molecule has 0 spiro atoms. The molecular weight excluding hydrogens is 745 g/mol. The van der Waals surface area contributed by atoms with Crippen molar-refractivity contribution < 1.29 is 38.9 Å². The number of Topliss-reactive ketones (excluding diaryl/α,β-unsaturated/α-hetero) is 1. The van der Waals surface area contributed by atoms with Crippen LogP contribution in [0.2, 0.25) is 0 Å². The Balaban J connectivity index is 1.13. The third kappa shape index (κ3) is 19.8. The fourth-order valence-corrected chi connectivity index (χ4v) is 6.63. The van der Waals surface area contributed by atoms with Crippen LogP contribution >= 0.6 is 0 Å². The molecule has 2 aromatic carbocycles. The van der Waals surface area contributed by atoms with Crippen LogP contribution in [0.3, 0.4) is 0 Å². The van der Waals surface area contributed by atoms with Crippen LogP contribution in [-0.4, -0.2) is 104 Å². The van der Waals surface area contributed by atoms with Crippen LogP contribution in [0.4, 0.5) is 0 Å². The first-order valence-electron chi connectivity index (χ1n) is 20.7. The van der Waals surface area contributed by atoms with E-state index in [1.54, 1.807) is 0 Å². The normalized spacial score (nSPS) is 11.5. The highest BCUT2D eigenvalue weighted by atomic mass is 16.5. The zero-order valence-corrected chi connectivity index (χ0v) is 33.7. The minimum Gasteiger partial charge on any atom is -0.494 e. The molecule has 16 nitrogen and oxygen atoms in total. The van der Waals surface area contributed by atoms with E-state index in [1.807, 2.05) is 24.3 Å². The van der Waals surface area contributed by atoms with E-state index < -0.39 is 42.6 Å². The Labute approximate surface area is 341 Å². The highest BCUT2D eigenvalue weighted by Crippen LogP contribution is 2.25. The third-order valence-corrected chi connectivity index (χ3v) is 9.83. The molecule has 0 fully saturated rings. The summed E-state index contributed by atoms with van der Waals surface area (Å²) in [6.45, 7) is 0.135. The molecule has 0 aliphatic carbocycles. The Morgan fingerprint density at radius 3 is 1.83 bits per heavy atom. The number of amides is 2. The average molecular weight is 807 g/mol. The number of aliphatic carboxylic acids is 2. The standard InChI is InChI=1S/C42H62N8O8/c43-31-45-36(37(51)28-40(54)55)16-13-14-26-44-38(52)29-50(30-41(56)57)39(53)17-12-10-8-6-4-2-1-3-5-7-9-11-15-27-58-35-24-22-33(23-25-35)32-18-20-34(21-19-32)42-46-48-49-47-42/h18-25,36,45H,1-17,26-31,43H2,(H,44,52)(H,54,55)(H,56,57)(H,46,47,48,49)/t36-/m0/s1. The highest BCUT2D eigenvalue weighted by Gasteiger charge is 2.21. The summed E-state index contributed by atoms with van der Waals surface area (Å²) in [6, 6.07) is 15.6. The van der Waals surface area contributed by atoms with Crippen molar-refractivity contribution in [1.29, 1.82) is 0 Å². The number of nitrogens with zero attached hydrogens (tertiary/aromatic N) is 4. The number of aromatic amines is 1. The summed E-state index contributed by atoms with van der Waals surface area (Å²) in [4.78, 5) is 60.4. The molecular formula is C42H62N8O8. The van der Waals surface area contributed by atoms with E-state index in [1.165, 1.54) is 38.5 Å². The Morgan fingerprint density at radius 1 is 0.707 bits per heavy atom. The fourth-order valence-electron chi connectivity index (χ4n) is 6.63. The predicted octanol–water partition coefficient (Wildman–Crippen LogP) is 5.49. The second kappa shape index (κ2) is 28.2. The van der Waals surface area contributed by atoms with Crippen LogP contribution in [-0.2, 0) is 24.0 Å². The number of hydrogen-bond donors (Lipinski definition) is 6. The van der Waals surface area contributed by atoms with Crippen molar-refractivity contribution in [3.8, 4) is 28.3 Å². The summed E-state index contributed by atoms with van der Waals surface area (Å²) in [5.41, 5.74) is 8.62. The molecule has 58 heavy (non-hydrogen) atoms. The lowest BCUT2D eigenvalue weighted by Crippen LogP contribution is -2.43. The highest BCUT2D eigenvalue weighted by molar-refractivity contribution is 5.97. The molecule has 318 valence electrons. The molecule has 0 saturated carbocycles. The number of carboxylic acid groups (broad SMARTS) is 2. The number of rotatable bonds is 33. The predicted molar refractivity (Wildman–Crippen MR) is 219 cm³/mol. The molecule has 3 rings (SSSR count). The van der Waals surface area contributed by atoms with Crippen molar-refractivity contribution in [2.24, 2.45) is 5.73 Å². The molecule has 0 aliphatic heterocycles. The Kier molecular flexibility index (Phi) is 22.9. The number of H-pyrrole nitrogens is 1. The second-order valence-electron chi connectivity index (χ2n) is 14.5. The molecule has 0 saturated heterocycles. The van der Waals surface area contributed by atoms with Gasteiger partial charge in [-0.2, -0.15) is 0 Å². The van der Waals surface area contributed by atoms with E-state index >= 15 is 0 Å². The molecule has 3 aromatic rings. The van der Waals surface area contributed by atoms with Crippen LogP contribution in [0.1, 0.15) is 116 Å². The van der Waals surface area contributed by atoms with E-state index in [-0.39, 0.29) is 32.1 Å². The van der Waals surface area contributed by atoms with Gasteiger partial charge in [0.2, 0.25) is 11.8 Å². The van der Waals surface area contributed by atoms with Gasteiger partial charge in [0.05, 0.1) is 12.6 Å². The van der Waals surface area contributed by atoms with E-state index in [4.69, 9.17) is 15.6 Å². The number of nitrogens with two attached hydrogens (primary N) is 1. The topological polar surface area (TPSA) is 243 Å². The average Bonchev–Trinajstić information content (AvgIpc) is 3.75. The van der Waals surface area contributed by atoms with Gasteiger partial charge < -0.3 is 30.9 Å². The molecule has 0 bridgehead atoms. The molecule has 0 radical (unpaired) electrons. The van der Waals surface area contributed by atoms with Crippen LogP contribution in [0.5, 0.6) is 5.75 Å². The number of ketones is 1. The van der Waals surface area contributed by atoms with Gasteiger partial charge in [-0.3, -0.25) is 29.3 Å². The van der Waals surface area contributed by atoms with Crippen LogP contribution < -0.4 is 21.1 Å². The van der Waals surface area contributed by atoms with Gasteiger partial charge in [0.15, 0.2) is 11.6 Å². The number of nitrogens with one attached hydrogen (secondary N) is 3. The van der Waals surface area contributed by atoms with Gasteiger partial charge in [-0.1, -0.05) is 107 Å². The van der Waals surface area contributed by atoms with Gasteiger partial charge in [-0.15, -0.1) is 5.10 Å². The van der Waals surface area contributed by atoms with Crippen LogP contribution in [0.25, 0.3) is 22.5 Å². The number of hydrogen-bond acceptors (Lipinski definition) is 11. The zero-order valence-electron chi connectivity index (χ0n) is 33.7. The van der Waals surface area contributed by atoms with Gasteiger partial charge >= 0.3 is 11.9 Å². The van der Waals surface area contributed by atoms with Gasteiger partial charge in [0, 0.05) is 25.2 Å². The summed E-state index contributed by atoms with van der Waals surface area (Å²) in [6.07, 6.45) is 15.4. The molecule has 0 unspecified atom stereocenters. The second-order valence-corrected chi connectivity index (χ2v) is 14.5. The number of aromatic nitrogens is 4. The first-order chi connectivity index (χ1) is 28.2. The molecule has 7 N–H and O–H groups in total. The van der Waals surface area contributed by atoms with Crippen molar-refractivity contribution in [2.45, 2.75) is 122 Å². The summed E-state index contributed by atoms with van der Waals surface area (Å²) in [7, 11) is 0.